The highest BCUT2D eigenvalue weighted by atomic mass is 16.7. The second-order valence-electron chi connectivity index (χ2n) is 3.43. The van der Waals surface area contributed by atoms with Crippen LogP contribution in [0, 0.1) is 0 Å². The lowest BCUT2D eigenvalue weighted by Crippen LogP contribution is -2.25. The molecule has 1 aliphatic heterocycles. The van der Waals surface area contributed by atoms with Gasteiger partial charge in [0.1, 0.15) is 0 Å². The monoisotopic (exact) mass is 170 g/mol. The maximum atomic E-state index is 5.47. The first-order valence-corrected chi connectivity index (χ1v) is 4.61. The second-order valence-corrected chi connectivity index (χ2v) is 3.43. The molecule has 0 radical (unpaired) electrons. The molecule has 0 N–H and O–H groups in total. The Balaban J connectivity index is 2.25. The molecule has 2 nitrogen and oxygen atoms in total. The van der Waals surface area contributed by atoms with Gasteiger partial charge in [-0.25, -0.2) is 0 Å². The molecule has 0 amide bonds. The van der Waals surface area contributed by atoms with Crippen molar-refractivity contribution in [3.05, 3.63) is 12.2 Å². The zero-order valence-electron chi connectivity index (χ0n) is 8.06. The molecule has 12 heavy (non-hydrogen) atoms. The molecule has 0 aromatic carbocycles. The molecule has 2 heteroatoms. The van der Waals surface area contributed by atoms with E-state index in [1.165, 1.54) is 5.57 Å². The zero-order chi connectivity index (χ0) is 9.03. The zero-order valence-corrected chi connectivity index (χ0v) is 8.06. The van der Waals surface area contributed by atoms with Crippen LogP contribution >= 0.6 is 0 Å². The molecular weight excluding hydrogens is 152 g/mol. The summed E-state index contributed by atoms with van der Waals surface area (Å²) in [7, 11) is 0. The SMILES string of the molecule is C=C(CC)CCC1(C)OCCO1. The number of hydrogen-bond acceptors (Lipinski definition) is 2. The van der Waals surface area contributed by atoms with Crippen LogP contribution in [0.5, 0.6) is 0 Å². The highest BCUT2D eigenvalue weighted by Gasteiger charge is 2.30. The molecule has 1 fully saturated rings. The van der Waals surface area contributed by atoms with E-state index in [4.69, 9.17) is 9.47 Å². The minimum absolute atomic E-state index is 0.335. The van der Waals surface area contributed by atoms with Crippen LogP contribution in [0.25, 0.3) is 0 Å². The summed E-state index contributed by atoms with van der Waals surface area (Å²) in [6.07, 6.45) is 2.99. The van der Waals surface area contributed by atoms with Gasteiger partial charge in [0.25, 0.3) is 0 Å². The van der Waals surface area contributed by atoms with Gasteiger partial charge in [-0.2, -0.15) is 0 Å². The average Bonchev–Trinajstić information content (AvgIpc) is 2.49. The third-order valence-electron chi connectivity index (χ3n) is 2.33. The van der Waals surface area contributed by atoms with Crippen molar-refractivity contribution in [2.24, 2.45) is 0 Å². The molecule has 0 aromatic heterocycles. The summed E-state index contributed by atoms with van der Waals surface area (Å²) in [4.78, 5) is 0. The second kappa shape index (κ2) is 4.06. The third-order valence-corrected chi connectivity index (χ3v) is 2.33. The molecule has 1 rings (SSSR count). The summed E-state index contributed by atoms with van der Waals surface area (Å²) in [5, 5.41) is 0. The lowest BCUT2D eigenvalue weighted by Gasteiger charge is -2.22. The summed E-state index contributed by atoms with van der Waals surface area (Å²) in [6.45, 7) is 9.55. The van der Waals surface area contributed by atoms with Crippen LogP contribution in [0.15, 0.2) is 12.2 Å². The Morgan fingerprint density at radius 3 is 2.50 bits per heavy atom. The molecule has 1 aliphatic rings. The number of ether oxygens (including phenoxy) is 2. The van der Waals surface area contributed by atoms with Crippen molar-refractivity contribution in [3.63, 3.8) is 0 Å². The Kier molecular flexibility index (Phi) is 3.29. The average molecular weight is 170 g/mol. The topological polar surface area (TPSA) is 18.5 Å². The molecule has 0 aliphatic carbocycles. The van der Waals surface area contributed by atoms with Crippen molar-refractivity contribution in [1.29, 1.82) is 0 Å². The van der Waals surface area contributed by atoms with Crippen LogP contribution in [0.4, 0.5) is 0 Å². The van der Waals surface area contributed by atoms with E-state index in [1.807, 2.05) is 6.92 Å². The van der Waals surface area contributed by atoms with Gasteiger partial charge in [-0.05, 0) is 19.8 Å². The van der Waals surface area contributed by atoms with Gasteiger partial charge in [0.15, 0.2) is 5.79 Å². The molecule has 1 heterocycles. The number of allylic oxidation sites excluding steroid dienone is 1. The van der Waals surface area contributed by atoms with Gasteiger partial charge < -0.3 is 9.47 Å². The maximum absolute atomic E-state index is 5.47. The van der Waals surface area contributed by atoms with E-state index in [9.17, 15) is 0 Å². The summed E-state index contributed by atoms with van der Waals surface area (Å²) in [5.41, 5.74) is 1.27. The van der Waals surface area contributed by atoms with E-state index in [1.54, 1.807) is 0 Å². The van der Waals surface area contributed by atoms with Gasteiger partial charge >= 0.3 is 0 Å². The predicted molar refractivity (Wildman–Crippen MR) is 49.0 cm³/mol. The fourth-order valence-electron chi connectivity index (χ4n) is 1.28. The van der Waals surface area contributed by atoms with Gasteiger partial charge in [-0.1, -0.05) is 19.1 Å². The van der Waals surface area contributed by atoms with Gasteiger partial charge in [-0.15, -0.1) is 0 Å². The molecule has 0 aromatic rings. The van der Waals surface area contributed by atoms with Crippen LogP contribution in [-0.4, -0.2) is 19.0 Å². The van der Waals surface area contributed by atoms with E-state index >= 15 is 0 Å². The lowest BCUT2D eigenvalue weighted by molar-refractivity contribution is -0.146. The third kappa shape index (κ3) is 2.61. The largest absolute Gasteiger partial charge is 0.348 e. The first kappa shape index (κ1) is 9.75. The maximum Gasteiger partial charge on any atom is 0.166 e. The smallest absolute Gasteiger partial charge is 0.166 e. The minimum atomic E-state index is -0.335. The van der Waals surface area contributed by atoms with Crippen molar-refractivity contribution in [1.82, 2.24) is 0 Å². The Morgan fingerprint density at radius 1 is 1.42 bits per heavy atom. The van der Waals surface area contributed by atoms with E-state index in [-0.39, 0.29) is 5.79 Å². The van der Waals surface area contributed by atoms with E-state index in [2.05, 4.69) is 13.5 Å². The van der Waals surface area contributed by atoms with Crippen LogP contribution < -0.4 is 0 Å². The van der Waals surface area contributed by atoms with Gasteiger partial charge in [0.2, 0.25) is 0 Å². The summed E-state index contributed by atoms with van der Waals surface area (Å²) in [6, 6.07) is 0. The summed E-state index contributed by atoms with van der Waals surface area (Å²) in [5.74, 6) is -0.335. The van der Waals surface area contributed by atoms with Crippen LogP contribution in [0.3, 0.4) is 0 Å². The number of hydrogen-bond donors (Lipinski definition) is 0. The van der Waals surface area contributed by atoms with E-state index in [0.717, 1.165) is 32.5 Å². The molecule has 0 bridgehead atoms. The quantitative estimate of drug-likeness (QED) is 0.603. The molecule has 0 spiro atoms. The molecule has 0 saturated carbocycles. The van der Waals surface area contributed by atoms with Crippen molar-refractivity contribution >= 4 is 0 Å². The normalized spacial score (nSPS) is 21.2. The van der Waals surface area contributed by atoms with Crippen molar-refractivity contribution in [2.75, 3.05) is 13.2 Å². The van der Waals surface area contributed by atoms with Crippen molar-refractivity contribution in [2.45, 2.75) is 38.9 Å². The first-order chi connectivity index (χ1) is 5.66. The van der Waals surface area contributed by atoms with Crippen LogP contribution in [0.2, 0.25) is 0 Å². The van der Waals surface area contributed by atoms with E-state index < -0.39 is 0 Å². The Hall–Kier alpha value is -0.340. The summed E-state index contributed by atoms with van der Waals surface area (Å²) >= 11 is 0. The summed E-state index contributed by atoms with van der Waals surface area (Å²) < 4.78 is 10.9. The fourth-order valence-corrected chi connectivity index (χ4v) is 1.28. The van der Waals surface area contributed by atoms with Gasteiger partial charge in [0.05, 0.1) is 13.2 Å². The van der Waals surface area contributed by atoms with Crippen LogP contribution in [-0.2, 0) is 9.47 Å². The minimum Gasteiger partial charge on any atom is -0.348 e. The molecule has 70 valence electrons. The fraction of sp³-hybridized carbons (Fsp3) is 0.800. The highest BCUT2D eigenvalue weighted by Crippen LogP contribution is 2.25. The molecule has 1 saturated heterocycles. The van der Waals surface area contributed by atoms with Gasteiger partial charge in [-0.3, -0.25) is 0 Å². The molecular formula is C10H18O2. The van der Waals surface area contributed by atoms with E-state index in [0.29, 0.717) is 0 Å². The molecule has 0 atom stereocenters. The predicted octanol–water partition coefficient (Wildman–Crippen LogP) is 2.50. The van der Waals surface area contributed by atoms with Gasteiger partial charge in [0, 0.05) is 6.42 Å². The standard InChI is InChI=1S/C10H18O2/c1-4-9(2)5-6-10(3)11-7-8-12-10/h2,4-8H2,1,3H3. The van der Waals surface area contributed by atoms with Crippen molar-refractivity contribution < 1.29 is 9.47 Å². The van der Waals surface area contributed by atoms with Crippen LogP contribution in [0.1, 0.15) is 33.1 Å². The number of rotatable bonds is 4. The molecule has 0 unspecified atom stereocenters. The Bertz CT molecular complexity index is 157. The first-order valence-electron chi connectivity index (χ1n) is 4.61. The Labute approximate surface area is 74.6 Å². The Morgan fingerprint density at radius 2 is 2.00 bits per heavy atom. The highest BCUT2D eigenvalue weighted by molar-refractivity contribution is 4.93. The lowest BCUT2D eigenvalue weighted by atomic mass is 10.1. The van der Waals surface area contributed by atoms with Crippen molar-refractivity contribution in [3.8, 4) is 0 Å².